The number of aryl methyl sites for hydroxylation is 2. The fourth-order valence-electron chi connectivity index (χ4n) is 5.29. The monoisotopic (exact) mass is 614 g/mol. The van der Waals surface area contributed by atoms with Gasteiger partial charge in [-0.3, -0.25) is 0 Å². The van der Waals surface area contributed by atoms with Crippen LogP contribution in [-0.2, 0) is 25.1 Å². The van der Waals surface area contributed by atoms with E-state index in [1.54, 1.807) is 24.3 Å². The van der Waals surface area contributed by atoms with Crippen LogP contribution in [0.15, 0.2) is 72.8 Å². The van der Waals surface area contributed by atoms with Gasteiger partial charge in [-0.1, -0.05) is 115 Å². The summed E-state index contributed by atoms with van der Waals surface area (Å²) >= 11 is 0. The molecule has 0 atom stereocenters. The molecule has 2 nitrogen and oxygen atoms in total. The lowest BCUT2D eigenvalue weighted by Gasteiger charge is -2.21. The molecule has 3 aromatic carbocycles. The second-order valence-electron chi connectivity index (χ2n) is 11.8. The first kappa shape index (κ1) is 35.5. The Kier molecular flexibility index (Phi) is 15.1. The molecule has 0 spiro atoms. The smallest absolute Gasteiger partial charge is 0.426 e. The predicted molar refractivity (Wildman–Crippen MR) is 172 cm³/mol. The van der Waals surface area contributed by atoms with Crippen LogP contribution in [0.2, 0.25) is 0 Å². The first-order chi connectivity index (χ1) is 21.2. The molecule has 0 saturated carbocycles. The van der Waals surface area contributed by atoms with E-state index in [1.807, 2.05) is 0 Å². The van der Waals surface area contributed by atoms with Gasteiger partial charge >= 0.3 is 12.2 Å². The van der Waals surface area contributed by atoms with Crippen molar-refractivity contribution in [1.82, 2.24) is 0 Å². The Morgan fingerprint density at radius 1 is 0.409 bits per heavy atom. The summed E-state index contributed by atoms with van der Waals surface area (Å²) < 4.78 is 69.4. The Balaban J connectivity index is 1.46. The quantitative estimate of drug-likeness (QED) is 0.0828. The highest BCUT2D eigenvalue weighted by molar-refractivity contribution is 5.32. The molecule has 0 radical (unpaired) electrons. The van der Waals surface area contributed by atoms with Crippen LogP contribution < -0.4 is 9.47 Å². The summed E-state index contributed by atoms with van der Waals surface area (Å²) in [5, 5.41) is 0. The zero-order valence-electron chi connectivity index (χ0n) is 26.6. The van der Waals surface area contributed by atoms with Crippen LogP contribution in [-0.4, -0.2) is 0 Å². The maximum atomic E-state index is 14.9. The average molecular weight is 615 g/mol. The molecule has 3 rings (SSSR count). The fraction of sp³-hybridized carbons (Fsp3) is 0.526. The summed E-state index contributed by atoms with van der Waals surface area (Å²) in [6, 6.07) is 17.1. The molecule has 242 valence electrons. The van der Waals surface area contributed by atoms with E-state index in [-0.39, 0.29) is 11.5 Å². The van der Waals surface area contributed by atoms with Gasteiger partial charge in [-0.2, -0.15) is 17.6 Å². The van der Waals surface area contributed by atoms with Crippen molar-refractivity contribution in [3.63, 3.8) is 0 Å². The zero-order chi connectivity index (χ0) is 31.7. The number of ether oxygens (including phenoxy) is 2. The molecule has 0 aliphatic carbocycles. The summed E-state index contributed by atoms with van der Waals surface area (Å²) in [4.78, 5) is 0. The number of hydrogen-bond acceptors (Lipinski definition) is 2. The highest BCUT2D eigenvalue weighted by atomic mass is 19.3. The van der Waals surface area contributed by atoms with Crippen LogP contribution in [0.1, 0.15) is 126 Å². The van der Waals surface area contributed by atoms with E-state index in [0.29, 0.717) is 0 Å². The Hall–Kier alpha value is -3.02. The summed E-state index contributed by atoms with van der Waals surface area (Å²) in [6.07, 6.45) is 11.4. The molecule has 0 amide bonds. The van der Waals surface area contributed by atoms with Gasteiger partial charge in [0.15, 0.2) is 0 Å². The molecule has 6 heteroatoms. The molecule has 44 heavy (non-hydrogen) atoms. The lowest BCUT2D eigenvalue weighted by atomic mass is 10.0. The molecule has 3 aromatic rings. The maximum Gasteiger partial charge on any atom is 0.426 e. The number of hydrogen-bond donors (Lipinski definition) is 0. The number of rotatable bonds is 22. The van der Waals surface area contributed by atoms with E-state index in [1.165, 1.54) is 88.5 Å². The third-order valence-corrected chi connectivity index (χ3v) is 8.03. The van der Waals surface area contributed by atoms with E-state index in [0.717, 1.165) is 73.9 Å². The number of alkyl halides is 4. The van der Waals surface area contributed by atoms with Gasteiger partial charge < -0.3 is 9.47 Å². The highest BCUT2D eigenvalue weighted by Gasteiger charge is 2.38. The van der Waals surface area contributed by atoms with Crippen molar-refractivity contribution in [2.45, 2.75) is 129 Å². The lowest BCUT2D eigenvalue weighted by Crippen LogP contribution is -2.24. The van der Waals surface area contributed by atoms with Crippen LogP contribution in [0.4, 0.5) is 17.6 Å². The summed E-state index contributed by atoms with van der Waals surface area (Å²) in [7, 11) is 0. The van der Waals surface area contributed by atoms with E-state index in [4.69, 9.17) is 9.47 Å². The minimum atomic E-state index is -3.68. The van der Waals surface area contributed by atoms with Crippen molar-refractivity contribution in [1.29, 1.82) is 0 Å². The first-order valence-corrected chi connectivity index (χ1v) is 16.7. The van der Waals surface area contributed by atoms with Crippen LogP contribution >= 0.6 is 0 Å². The predicted octanol–water partition coefficient (Wildman–Crippen LogP) is 12.5. The molecule has 0 heterocycles. The molecule has 0 aliphatic rings. The first-order valence-electron chi connectivity index (χ1n) is 16.7. The molecule has 0 aliphatic heterocycles. The van der Waals surface area contributed by atoms with E-state index in [9.17, 15) is 17.6 Å². The summed E-state index contributed by atoms with van der Waals surface area (Å²) in [5.41, 5.74) is 1.11. The van der Waals surface area contributed by atoms with Crippen molar-refractivity contribution in [3.8, 4) is 11.5 Å². The minimum absolute atomic E-state index is 0.0188. The third-order valence-electron chi connectivity index (χ3n) is 8.03. The largest absolute Gasteiger partial charge is 0.429 e. The van der Waals surface area contributed by atoms with Gasteiger partial charge in [-0.25, -0.2) is 0 Å². The van der Waals surface area contributed by atoms with Crippen molar-refractivity contribution in [2.24, 2.45) is 0 Å². The van der Waals surface area contributed by atoms with Gasteiger partial charge in [0.05, 0.1) is 11.1 Å². The molecule has 0 bridgehead atoms. The molecule has 0 N–H and O–H groups in total. The summed E-state index contributed by atoms with van der Waals surface area (Å²) in [6.45, 7) is 4.40. The lowest BCUT2D eigenvalue weighted by molar-refractivity contribution is -0.188. The van der Waals surface area contributed by atoms with Gasteiger partial charge in [0.1, 0.15) is 11.5 Å². The van der Waals surface area contributed by atoms with E-state index < -0.39 is 23.3 Å². The van der Waals surface area contributed by atoms with Crippen LogP contribution in [0, 0.1) is 0 Å². The Labute approximate surface area is 262 Å². The second-order valence-corrected chi connectivity index (χ2v) is 11.8. The molecular weight excluding hydrogens is 564 g/mol. The SMILES string of the molecule is CCCCCCCCCCc1ccc(OC(F)(F)c2ccc(C(F)(F)Oc3ccc(CCCCCCCC)cc3)cc2)cc1. The number of halogens is 4. The third kappa shape index (κ3) is 12.5. The van der Waals surface area contributed by atoms with Crippen molar-refractivity contribution < 1.29 is 27.0 Å². The van der Waals surface area contributed by atoms with Crippen molar-refractivity contribution in [3.05, 3.63) is 95.1 Å². The second kappa shape index (κ2) is 18.7. The Morgan fingerprint density at radius 2 is 0.705 bits per heavy atom. The van der Waals surface area contributed by atoms with Crippen molar-refractivity contribution in [2.75, 3.05) is 0 Å². The molecule has 0 unspecified atom stereocenters. The van der Waals surface area contributed by atoms with Gasteiger partial charge in [0, 0.05) is 0 Å². The van der Waals surface area contributed by atoms with E-state index >= 15 is 0 Å². The topological polar surface area (TPSA) is 18.5 Å². The van der Waals surface area contributed by atoms with Crippen LogP contribution in [0.3, 0.4) is 0 Å². The summed E-state index contributed by atoms with van der Waals surface area (Å²) in [5.74, 6) is 0.0395. The molecule has 0 saturated heterocycles. The number of benzene rings is 3. The van der Waals surface area contributed by atoms with E-state index in [2.05, 4.69) is 13.8 Å². The highest BCUT2D eigenvalue weighted by Crippen LogP contribution is 2.36. The fourth-order valence-corrected chi connectivity index (χ4v) is 5.29. The average Bonchev–Trinajstić information content (AvgIpc) is 3.01. The Morgan fingerprint density at radius 3 is 1.02 bits per heavy atom. The van der Waals surface area contributed by atoms with Crippen LogP contribution in [0.5, 0.6) is 11.5 Å². The van der Waals surface area contributed by atoms with Gasteiger partial charge in [0.25, 0.3) is 0 Å². The maximum absolute atomic E-state index is 14.9. The minimum Gasteiger partial charge on any atom is -0.429 e. The normalized spacial score (nSPS) is 12.0. The number of unbranched alkanes of at least 4 members (excludes halogenated alkanes) is 12. The molecular formula is C38H50F4O2. The zero-order valence-corrected chi connectivity index (χ0v) is 26.6. The van der Waals surface area contributed by atoms with Gasteiger partial charge in [0.2, 0.25) is 0 Å². The van der Waals surface area contributed by atoms with Crippen molar-refractivity contribution >= 4 is 0 Å². The van der Waals surface area contributed by atoms with Gasteiger partial charge in [-0.05, 0) is 85.3 Å². The standard InChI is InChI=1S/C38H50F4O2/c1-3-5-7-9-11-12-14-16-18-32-21-29-36(30-22-32)44-38(41,42)34-25-23-33(24-26-34)37(39,40)43-35-27-19-31(20-28-35)17-15-13-10-8-6-4-2/h19-30H,3-18H2,1-2H3. The van der Waals surface area contributed by atoms with Crippen LogP contribution in [0.25, 0.3) is 0 Å². The molecule has 0 fully saturated rings. The van der Waals surface area contributed by atoms with Gasteiger partial charge in [-0.15, -0.1) is 0 Å². The Bertz CT molecular complexity index is 1170. The molecule has 0 aromatic heterocycles.